The molecule has 0 amide bonds. The molecule has 1 unspecified atom stereocenters. The van der Waals surface area contributed by atoms with Gasteiger partial charge in [0.25, 0.3) is 0 Å². The van der Waals surface area contributed by atoms with Crippen LogP contribution < -0.4 is 5.32 Å². The van der Waals surface area contributed by atoms with Crippen LogP contribution >= 0.6 is 11.6 Å². The van der Waals surface area contributed by atoms with Crippen molar-refractivity contribution in [2.24, 2.45) is 5.41 Å². The fourth-order valence-electron chi connectivity index (χ4n) is 2.30. The van der Waals surface area contributed by atoms with Crippen LogP contribution in [0.25, 0.3) is 0 Å². The third kappa shape index (κ3) is 4.29. The topological polar surface area (TPSA) is 12.0 Å². The van der Waals surface area contributed by atoms with E-state index in [0.29, 0.717) is 11.9 Å². The molecule has 0 saturated carbocycles. The summed E-state index contributed by atoms with van der Waals surface area (Å²) in [5.74, 6) is 0.710. The van der Waals surface area contributed by atoms with Crippen molar-refractivity contribution < 1.29 is 0 Å². The molecule has 0 aliphatic rings. The Hall–Kier alpha value is -0.530. The molecule has 0 aliphatic carbocycles. The van der Waals surface area contributed by atoms with Gasteiger partial charge >= 0.3 is 0 Å². The van der Waals surface area contributed by atoms with Crippen molar-refractivity contribution in [3.8, 4) is 0 Å². The van der Waals surface area contributed by atoms with Crippen LogP contribution in [0.3, 0.4) is 0 Å². The molecule has 1 aromatic carbocycles. The molecule has 0 bridgehead atoms. The summed E-state index contributed by atoms with van der Waals surface area (Å²) in [5.41, 5.74) is 4.38. The van der Waals surface area contributed by atoms with Crippen molar-refractivity contribution in [3.05, 3.63) is 34.9 Å². The van der Waals surface area contributed by atoms with E-state index < -0.39 is 0 Å². The van der Waals surface area contributed by atoms with Crippen LogP contribution in [-0.4, -0.2) is 11.9 Å². The number of hydrogen-bond acceptors (Lipinski definition) is 1. The average molecular weight is 268 g/mol. The second-order valence-electron chi connectivity index (χ2n) is 6.15. The zero-order valence-corrected chi connectivity index (χ0v) is 13.1. The van der Waals surface area contributed by atoms with Gasteiger partial charge in [0.2, 0.25) is 0 Å². The lowest BCUT2D eigenvalue weighted by atomic mass is 9.85. The summed E-state index contributed by atoms with van der Waals surface area (Å²) in [6.45, 7) is 12.1. The summed E-state index contributed by atoms with van der Waals surface area (Å²) >= 11 is 5.91. The molecule has 1 rings (SSSR count). The second-order valence-corrected chi connectivity index (χ2v) is 6.53. The van der Waals surface area contributed by atoms with E-state index in [0.717, 1.165) is 13.0 Å². The lowest BCUT2D eigenvalue weighted by Crippen LogP contribution is -2.40. The van der Waals surface area contributed by atoms with Gasteiger partial charge in [-0.05, 0) is 42.4 Å². The van der Waals surface area contributed by atoms with Crippen LogP contribution in [0.2, 0.25) is 0 Å². The Labute approximate surface area is 117 Å². The van der Waals surface area contributed by atoms with E-state index in [-0.39, 0.29) is 5.41 Å². The van der Waals surface area contributed by atoms with Crippen LogP contribution in [0.15, 0.2) is 18.2 Å². The molecule has 0 fully saturated rings. The molecule has 18 heavy (non-hydrogen) atoms. The molecule has 1 aromatic rings. The Kier molecular flexibility index (Phi) is 5.68. The van der Waals surface area contributed by atoms with E-state index in [1.165, 1.54) is 16.7 Å². The fraction of sp³-hybridized carbons (Fsp3) is 0.625. The third-order valence-electron chi connectivity index (χ3n) is 3.61. The number of benzene rings is 1. The third-order valence-corrected chi connectivity index (χ3v) is 3.83. The van der Waals surface area contributed by atoms with Gasteiger partial charge < -0.3 is 5.32 Å². The molecular formula is C16H26ClN. The minimum absolute atomic E-state index is 0.242. The standard InChI is InChI=1S/C16H26ClN/c1-12-7-6-8-13(2)14(12)11-18-15(9-10-17)16(3,4)5/h6-8,15,18H,9-11H2,1-5H3. The maximum absolute atomic E-state index is 5.91. The predicted molar refractivity (Wildman–Crippen MR) is 81.3 cm³/mol. The Bertz CT molecular complexity index is 359. The van der Waals surface area contributed by atoms with Gasteiger partial charge in [0.15, 0.2) is 0 Å². The van der Waals surface area contributed by atoms with Crippen molar-refractivity contribution in [2.75, 3.05) is 5.88 Å². The smallest absolute Gasteiger partial charge is 0.0238 e. The van der Waals surface area contributed by atoms with Gasteiger partial charge in [-0.2, -0.15) is 0 Å². The van der Waals surface area contributed by atoms with Crippen LogP contribution in [0.5, 0.6) is 0 Å². The minimum atomic E-state index is 0.242. The molecule has 0 radical (unpaired) electrons. The number of hydrogen-bond donors (Lipinski definition) is 1. The predicted octanol–water partition coefficient (Wildman–Crippen LogP) is 4.44. The van der Waals surface area contributed by atoms with Gasteiger partial charge in [-0.25, -0.2) is 0 Å². The molecule has 1 nitrogen and oxygen atoms in total. The second kappa shape index (κ2) is 6.58. The van der Waals surface area contributed by atoms with Crippen LogP contribution in [0, 0.1) is 19.3 Å². The van der Waals surface area contributed by atoms with Crippen molar-refractivity contribution in [1.82, 2.24) is 5.32 Å². The van der Waals surface area contributed by atoms with Crippen LogP contribution in [0.4, 0.5) is 0 Å². The highest BCUT2D eigenvalue weighted by atomic mass is 35.5. The van der Waals surface area contributed by atoms with Crippen LogP contribution in [-0.2, 0) is 6.54 Å². The molecule has 0 heterocycles. The fourth-order valence-corrected chi connectivity index (χ4v) is 2.52. The van der Waals surface area contributed by atoms with Crippen molar-refractivity contribution in [1.29, 1.82) is 0 Å². The Balaban J connectivity index is 2.73. The molecule has 1 atom stereocenters. The van der Waals surface area contributed by atoms with E-state index in [9.17, 15) is 0 Å². The first-order valence-corrected chi connectivity index (χ1v) is 7.24. The van der Waals surface area contributed by atoms with E-state index in [1.807, 2.05) is 0 Å². The van der Waals surface area contributed by atoms with E-state index in [4.69, 9.17) is 11.6 Å². The summed E-state index contributed by atoms with van der Waals surface area (Å²) < 4.78 is 0. The van der Waals surface area contributed by atoms with Gasteiger partial charge in [-0.15, -0.1) is 11.6 Å². The van der Waals surface area contributed by atoms with Gasteiger partial charge in [-0.3, -0.25) is 0 Å². The van der Waals surface area contributed by atoms with Gasteiger partial charge in [0.1, 0.15) is 0 Å². The summed E-state index contributed by atoms with van der Waals surface area (Å²) in [6.07, 6.45) is 1.01. The number of alkyl halides is 1. The van der Waals surface area contributed by atoms with Gasteiger partial charge in [0, 0.05) is 18.5 Å². The summed E-state index contributed by atoms with van der Waals surface area (Å²) in [7, 11) is 0. The van der Waals surface area contributed by atoms with Crippen molar-refractivity contribution >= 4 is 11.6 Å². The maximum Gasteiger partial charge on any atom is 0.0238 e. The maximum atomic E-state index is 5.91. The molecular weight excluding hydrogens is 242 g/mol. The van der Waals surface area contributed by atoms with E-state index in [2.05, 4.69) is 58.1 Å². The molecule has 102 valence electrons. The summed E-state index contributed by atoms with van der Waals surface area (Å²) in [4.78, 5) is 0. The average Bonchev–Trinajstić information content (AvgIpc) is 2.25. The zero-order chi connectivity index (χ0) is 13.8. The van der Waals surface area contributed by atoms with E-state index in [1.54, 1.807) is 0 Å². The lowest BCUT2D eigenvalue weighted by molar-refractivity contribution is 0.260. The first-order valence-electron chi connectivity index (χ1n) is 6.70. The highest BCUT2D eigenvalue weighted by Crippen LogP contribution is 2.23. The van der Waals surface area contributed by atoms with Gasteiger partial charge in [-0.1, -0.05) is 39.0 Å². The van der Waals surface area contributed by atoms with Crippen molar-refractivity contribution in [3.63, 3.8) is 0 Å². The number of aryl methyl sites for hydroxylation is 2. The van der Waals surface area contributed by atoms with E-state index >= 15 is 0 Å². The Morgan fingerprint density at radius 3 is 2.17 bits per heavy atom. The SMILES string of the molecule is Cc1cccc(C)c1CNC(CCCl)C(C)(C)C. The number of halogens is 1. The highest BCUT2D eigenvalue weighted by molar-refractivity contribution is 6.17. The lowest BCUT2D eigenvalue weighted by Gasteiger charge is -2.31. The monoisotopic (exact) mass is 267 g/mol. The minimum Gasteiger partial charge on any atom is -0.309 e. The first kappa shape index (κ1) is 15.5. The molecule has 2 heteroatoms. The zero-order valence-electron chi connectivity index (χ0n) is 12.3. The molecule has 0 spiro atoms. The van der Waals surface area contributed by atoms with Crippen LogP contribution in [0.1, 0.15) is 43.9 Å². The quantitative estimate of drug-likeness (QED) is 0.778. The Morgan fingerprint density at radius 2 is 1.72 bits per heavy atom. The highest BCUT2D eigenvalue weighted by Gasteiger charge is 2.23. The van der Waals surface area contributed by atoms with Gasteiger partial charge in [0.05, 0.1) is 0 Å². The normalized spacial score (nSPS) is 13.7. The number of nitrogens with one attached hydrogen (secondary N) is 1. The Morgan fingerprint density at radius 1 is 1.17 bits per heavy atom. The molecule has 0 saturated heterocycles. The number of rotatable bonds is 5. The first-order chi connectivity index (χ1) is 8.36. The summed E-state index contributed by atoms with van der Waals surface area (Å²) in [6, 6.07) is 6.93. The van der Waals surface area contributed by atoms with Crippen molar-refractivity contribution in [2.45, 2.75) is 53.6 Å². The molecule has 1 N–H and O–H groups in total. The molecule has 0 aromatic heterocycles. The molecule has 0 aliphatic heterocycles. The largest absolute Gasteiger partial charge is 0.309 e. The summed E-state index contributed by atoms with van der Waals surface area (Å²) in [5, 5.41) is 3.67.